The number of nitrogens with zero attached hydrogens (tertiary/aromatic N) is 2. The van der Waals surface area contributed by atoms with Gasteiger partial charge in [0.15, 0.2) is 0 Å². The van der Waals surface area contributed by atoms with Gasteiger partial charge in [0.1, 0.15) is 0 Å². The summed E-state index contributed by atoms with van der Waals surface area (Å²) in [5.41, 5.74) is 0. The van der Waals surface area contributed by atoms with Crippen LogP contribution >= 0.6 is 0 Å². The smallest absolute Gasteiger partial charge is 0.246 e. The highest BCUT2D eigenvalue weighted by atomic mass is 16.2. The molecule has 0 N–H and O–H groups in total. The van der Waals surface area contributed by atoms with E-state index in [4.69, 9.17) is 0 Å². The summed E-state index contributed by atoms with van der Waals surface area (Å²) in [7, 11) is 1.91. The third-order valence-corrected chi connectivity index (χ3v) is 2.22. The Labute approximate surface area is 73.6 Å². The van der Waals surface area contributed by atoms with Gasteiger partial charge in [-0.25, -0.2) is 0 Å². The molecule has 1 rings (SSSR count). The van der Waals surface area contributed by atoms with Crippen molar-refractivity contribution in [2.75, 3.05) is 13.6 Å². The van der Waals surface area contributed by atoms with E-state index in [-0.39, 0.29) is 5.91 Å². The average molecular weight is 168 g/mol. The molecule has 0 saturated heterocycles. The summed E-state index contributed by atoms with van der Waals surface area (Å²) < 4.78 is 0. The zero-order valence-electron chi connectivity index (χ0n) is 7.95. The Balaban J connectivity index is 2.66. The predicted molar refractivity (Wildman–Crippen MR) is 48.4 cm³/mol. The van der Waals surface area contributed by atoms with E-state index in [0.29, 0.717) is 12.6 Å². The lowest BCUT2D eigenvalue weighted by molar-refractivity contribution is -0.131. The fourth-order valence-corrected chi connectivity index (χ4v) is 1.21. The van der Waals surface area contributed by atoms with Crippen LogP contribution in [0, 0.1) is 0 Å². The molecular weight excluding hydrogens is 152 g/mol. The molecule has 1 atom stereocenters. The van der Waals surface area contributed by atoms with Crippen molar-refractivity contribution in [3.63, 3.8) is 0 Å². The van der Waals surface area contributed by atoms with Gasteiger partial charge in [0.25, 0.3) is 0 Å². The molecule has 0 aromatic carbocycles. The predicted octanol–water partition coefficient (Wildman–Crippen LogP) is 1.03. The number of carbonyl (C=O) groups excluding carboxylic acids is 1. The standard InChI is InChI=1S/C9H16N2O/c1-4-8(2)11-6-5-10(3)7-9(11)12/h5-6,8H,4,7H2,1-3H3/t8-/m1/s1. The second-order valence-electron chi connectivity index (χ2n) is 3.27. The maximum Gasteiger partial charge on any atom is 0.246 e. The highest BCUT2D eigenvalue weighted by Gasteiger charge is 2.20. The highest BCUT2D eigenvalue weighted by molar-refractivity contribution is 5.80. The first kappa shape index (κ1) is 9.10. The molecule has 0 fully saturated rings. The zero-order valence-corrected chi connectivity index (χ0v) is 7.95. The summed E-state index contributed by atoms with van der Waals surface area (Å²) in [4.78, 5) is 15.1. The molecule has 0 radical (unpaired) electrons. The maximum absolute atomic E-state index is 11.4. The van der Waals surface area contributed by atoms with Crippen LogP contribution in [0.1, 0.15) is 20.3 Å². The minimum Gasteiger partial charge on any atom is -0.370 e. The molecule has 0 aromatic heterocycles. The van der Waals surface area contributed by atoms with E-state index in [0.717, 1.165) is 6.42 Å². The van der Waals surface area contributed by atoms with Gasteiger partial charge in [-0.05, 0) is 13.3 Å². The Bertz CT molecular complexity index is 201. The van der Waals surface area contributed by atoms with Crippen LogP contribution < -0.4 is 0 Å². The molecule has 0 spiro atoms. The van der Waals surface area contributed by atoms with Crippen LogP contribution in [0.15, 0.2) is 12.4 Å². The Morgan fingerprint density at radius 3 is 2.75 bits per heavy atom. The largest absolute Gasteiger partial charge is 0.370 e. The topological polar surface area (TPSA) is 23.6 Å². The van der Waals surface area contributed by atoms with Gasteiger partial charge in [0.05, 0.1) is 6.54 Å². The van der Waals surface area contributed by atoms with E-state index in [1.165, 1.54) is 0 Å². The van der Waals surface area contributed by atoms with Gasteiger partial charge in [-0.1, -0.05) is 6.92 Å². The van der Waals surface area contributed by atoms with Gasteiger partial charge in [-0.15, -0.1) is 0 Å². The van der Waals surface area contributed by atoms with Crippen molar-refractivity contribution in [1.82, 2.24) is 9.80 Å². The van der Waals surface area contributed by atoms with Gasteiger partial charge in [0.2, 0.25) is 5.91 Å². The van der Waals surface area contributed by atoms with E-state index in [2.05, 4.69) is 13.8 Å². The molecule has 1 aliphatic rings. The van der Waals surface area contributed by atoms with Crippen molar-refractivity contribution in [1.29, 1.82) is 0 Å². The average Bonchev–Trinajstić information content (AvgIpc) is 2.03. The van der Waals surface area contributed by atoms with E-state index in [1.807, 2.05) is 24.3 Å². The van der Waals surface area contributed by atoms with Crippen LogP contribution in [0.5, 0.6) is 0 Å². The van der Waals surface area contributed by atoms with Crippen molar-refractivity contribution in [2.24, 2.45) is 0 Å². The van der Waals surface area contributed by atoms with Crippen LogP contribution in [0.3, 0.4) is 0 Å². The lowest BCUT2D eigenvalue weighted by Gasteiger charge is -2.31. The van der Waals surface area contributed by atoms with Crippen LogP contribution in [-0.2, 0) is 4.79 Å². The third kappa shape index (κ3) is 1.78. The Kier molecular flexibility index (Phi) is 2.74. The molecule has 0 bridgehead atoms. The minimum absolute atomic E-state index is 0.189. The van der Waals surface area contributed by atoms with Gasteiger partial charge < -0.3 is 9.80 Å². The summed E-state index contributed by atoms with van der Waals surface area (Å²) in [5.74, 6) is 0.189. The van der Waals surface area contributed by atoms with Crippen LogP contribution in [0.4, 0.5) is 0 Å². The first-order valence-corrected chi connectivity index (χ1v) is 4.35. The number of likely N-dealkylation sites (N-methyl/N-ethyl adjacent to an activating group) is 1. The van der Waals surface area contributed by atoms with E-state index in [9.17, 15) is 4.79 Å². The second-order valence-corrected chi connectivity index (χ2v) is 3.27. The van der Waals surface area contributed by atoms with Crippen LogP contribution in [-0.4, -0.2) is 35.3 Å². The number of amides is 1. The summed E-state index contributed by atoms with van der Waals surface area (Å²) in [5, 5.41) is 0. The first-order valence-electron chi connectivity index (χ1n) is 4.35. The number of hydrogen-bond donors (Lipinski definition) is 0. The Hall–Kier alpha value is -0.990. The van der Waals surface area contributed by atoms with Gasteiger partial charge in [-0.3, -0.25) is 4.79 Å². The summed E-state index contributed by atoms with van der Waals surface area (Å²) in [6.07, 6.45) is 4.80. The van der Waals surface area contributed by atoms with Crippen molar-refractivity contribution in [3.8, 4) is 0 Å². The molecule has 1 amide bonds. The van der Waals surface area contributed by atoms with Crippen molar-refractivity contribution in [3.05, 3.63) is 12.4 Å². The Morgan fingerprint density at radius 1 is 1.58 bits per heavy atom. The lowest BCUT2D eigenvalue weighted by Crippen LogP contribution is -2.42. The van der Waals surface area contributed by atoms with Gasteiger partial charge in [-0.2, -0.15) is 0 Å². The molecule has 0 aliphatic carbocycles. The van der Waals surface area contributed by atoms with Crippen LogP contribution in [0.25, 0.3) is 0 Å². The van der Waals surface area contributed by atoms with Crippen molar-refractivity contribution in [2.45, 2.75) is 26.3 Å². The lowest BCUT2D eigenvalue weighted by atomic mass is 10.2. The number of rotatable bonds is 2. The van der Waals surface area contributed by atoms with Crippen LogP contribution in [0.2, 0.25) is 0 Å². The molecule has 3 heteroatoms. The Morgan fingerprint density at radius 2 is 2.25 bits per heavy atom. The molecule has 0 unspecified atom stereocenters. The maximum atomic E-state index is 11.4. The molecule has 3 nitrogen and oxygen atoms in total. The molecule has 1 aliphatic heterocycles. The number of hydrogen-bond acceptors (Lipinski definition) is 2. The first-order chi connectivity index (χ1) is 5.65. The highest BCUT2D eigenvalue weighted by Crippen LogP contribution is 2.09. The molecular formula is C9H16N2O. The molecule has 68 valence electrons. The fraction of sp³-hybridized carbons (Fsp3) is 0.667. The van der Waals surface area contributed by atoms with Gasteiger partial charge >= 0.3 is 0 Å². The van der Waals surface area contributed by atoms with Crippen molar-refractivity contribution < 1.29 is 4.79 Å². The second kappa shape index (κ2) is 3.61. The SMILES string of the molecule is CC[C@@H](C)N1C=CN(C)CC1=O. The minimum atomic E-state index is 0.189. The fourth-order valence-electron chi connectivity index (χ4n) is 1.21. The summed E-state index contributed by atoms with van der Waals surface area (Å²) in [6.45, 7) is 4.65. The van der Waals surface area contributed by atoms with E-state index in [1.54, 1.807) is 4.90 Å². The normalized spacial score (nSPS) is 20.1. The molecule has 12 heavy (non-hydrogen) atoms. The summed E-state index contributed by atoms with van der Waals surface area (Å²) in [6, 6.07) is 0.322. The van der Waals surface area contributed by atoms with Gasteiger partial charge in [0, 0.05) is 25.5 Å². The van der Waals surface area contributed by atoms with E-state index >= 15 is 0 Å². The molecule has 0 aromatic rings. The quantitative estimate of drug-likeness (QED) is 0.615. The monoisotopic (exact) mass is 168 g/mol. The molecule has 1 heterocycles. The van der Waals surface area contributed by atoms with Crippen molar-refractivity contribution >= 4 is 5.91 Å². The molecule has 0 saturated carbocycles. The zero-order chi connectivity index (χ0) is 9.14. The third-order valence-electron chi connectivity index (χ3n) is 2.22. The number of carbonyl (C=O) groups is 1. The van der Waals surface area contributed by atoms with E-state index < -0.39 is 0 Å². The summed E-state index contributed by atoms with van der Waals surface area (Å²) >= 11 is 0.